The van der Waals surface area contributed by atoms with E-state index in [1.165, 1.54) is 24.0 Å². The summed E-state index contributed by atoms with van der Waals surface area (Å²) in [6.07, 6.45) is 16.9. The summed E-state index contributed by atoms with van der Waals surface area (Å²) in [6.45, 7) is 0. The molecule has 0 N–H and O–H groups in total. The van der Waals surface area contributed by atoms with Gasteiger partial charge in [0.25, 0.3) is 0 Å². The third kappa shape index (κ3) is 1.51. The van der Waals surface area contributed by atoms with Crippen LogP contribution in [-0.4, -0.2) is 0 Å². The van der Waals surface area contributed by atoms with Crippen LogP contribution in [0.15, 0.2) is 47.6 Å². The van der Waals surface area contributed by atoms with E-state index in [9.17, 15) is 0 Å². The van der Waals surface area contributed by atoms with Crippen LogP contribution in [0.1, 0.15) is 19.3 Å². The van der Waals surface area contributed by atoms with Gasteiger partial charge in [-0.1, -0.05) is 36.5 Å². The van der Waals surface area contributed by atoms with E-state index in [-0.39, 0.29) is 0 Å². The average molecular weight is 144 g/mol. The van der Waals surface area contributed by atoms with Gasteiger partial charge in [0.05, 0.1) is 0 Å². The molecule has 0 saturated heterocycles. The maximum absolute atomic E-state index is 2.31. The minimum atomic E-state index is 1.12. The first-order valence-electron chi connectivity index (χ1n) is 4.18. The second-order valence-corrected chi connectivity index (χ2v) is 3.03. The fourth-order valence-electron chi connectivity index (χ4n) is 1.50. The maximum Gasteiger partial charge on any atom is -0.00942 e. The predicted octanol–water partition coefficient (Wildman–Crippen LogP) is 3.15. The summed E-state index contributed by atoms with van der Waals surface area (Å²) in [5.74, 6) is 0. The summed E-state index contributed by atoms with van der Waals surface area (Å²) in [6, 6.07) is 0. The lowest BCUT2D eigenvalue weighted by molar-refractivity contribution is 1.06. The first-order chi connectivity index (χ1) is 5.45. The molecule has 0 radical (unpaired) electrons. The van der Waals surface area contributed by atoms with Crippen molar-refractivity contribution in [3.05, 3.63) is 47.6 Å². The van der Waals surface area contributed by atoms with E-state index in [2.05, 4.69) is 36.5 Å². The second kappa shape index (κ2) is 2.91. The zero-order valence-corrected chi connectivity index (χ0v) is 6.59. The first kappa shape index (κ1) is 6.66. The normalized spacial score (nSPS) is 25.1. The van der Waals surface area contributed by atoms with Gasteiger partial charge >= 0.3 is 0 Å². The molecule has 0 amide bonds. The van der Waals surface area contributed by atoms with Gasteiger partial charge in [-0.3, -0.25) is 0 Å². The molecule has 0 heteroatoms. The fourth-order valence-corrected chi connectivity index (χ4v) is 1.50. The predicted molar refractivity (Wildman–Crippen MR) is 48.3 cm³/mol. The molecule has 2 aliphatic carbocycles. The van der Waals surface area contributed by atoms with Gasteiger partial charge in [-0.15, -0.1) is 0 Å². The van der Waals surface area contributed by atoms with Crippen LogP contribution in [0.5, 0.6) is 0 Å². The molecule has 0 spiro atoms. The third-order valence-corrected chi connectivity index (χ3v) is 2.10. The molecule has 0 atom stereocenters. The lowest BCUT2D eigenvalue weighted by Gasteiger charge is -1.94. The Hall–Kier alpha value is -1.04. The molecule has 0 saturated carbocycles. The minimum Gasteiger partial charge on any atom is -0.0839 e. The Morgan fingerprint density at radius 1 is 1.27 bits per heavy atom. The van der Waals surface area contributed by atoms with Crippen LogP contribution in [0.4, 0.5) is 0 Å². The van der Waals surface area contributed by atoms with Crippen LogP contribution in [0.3, 0.4) is 0 Å². The van der Waals surface area contributed by atoms with Gasteiger partial charge in [0.1, 0.15) is 0 Å². The Kier molecular flexibility index (Phi) is 1.76. The SMILES string of the molecule is C1=CCC(/C=C2\C=CCC2)=C1. The Morgan fingerprint density at radius 2 is 2.27 bits per heavy atom. The molecular weight excluding hydrogens is 132 g/mol. The fraction of sp³-hybridized carbons (Fsp3) is 0.273. The Bertz CT molecular complexity index is 262. The molecule has 0 aromatic heterocycles. The largest absolute Gasteiger partial charge is 0.0839 e. The Labute approximate surface area is 67.6 Å². The summed E-state index contributed by atoms with van der Waals surface area (Å²) in [5.41, 5.74) is 2.94. The number of hydrogen-bond donors (Lipinski definition) is 0. The van der Waals surface area contributed by atoms with Gasteiger partial charge in [-0.05, 0) is 30.4 Å². The molecule has 0 fully saturated rings. The van der Waals surface area contributed by atoms with E-state index in [1.807, 2.05) is 0 Å². The second-order valence-electron chi connectivity index (χ2n) is 3.03. The highest BCUT2D eigenvalue weighted by Crippen LogP contribution is 2.20. The molecule has 0 aliphatic heterocycles. The van der Waals surface area contributed by atoms with Crippen molar-refractivity contribution in [3.63, 3.8) is 0 Å². The lowest BCUT2D eigenvalue weighted by Crippen LogP contribution is -1.74. The lowest BCUT2D eigenvalue weighted by atomic mass is 10.1. The van der Waals surface area contributed by atoms with E-state index in [0.29, 0.717) is 0 Å². The van der Waals surface area contributed by atoms with Gasteiger partial charge in [0, 0.05) is 0 Å². The van der Waals surface area contributed by atoms with Crippen molar-refractivity contribution in [2.24, 2.45) is 0 Å². The monoisotopic (exact) mass is 144 g/mol. The third-order valence-electron chi connectivity index (χ3n) is 2.10. The van der Waals surface area contributed by atoms with Crippen LogP contribution < -0.4 is 0 Å². The molecule has 0 bridgehead atoms. The quantitative estimate of drug-likeness (QED) is 0.530. The molecule has 0 unspecified atom stereocenters. The number of hydrogen-bond acceptors (Lipinski definition) is 0. The summed E-state index contributed by atoms with van der Waals surface area (Å²) < 4.78 is 0. The Morgan fingerprint density at radius 3 is 2.91 bits per heavy atom. The van der Waals surface area contributed by atoms with Crippen LogP contribution in [0.25, 0.3) is 0 Å². The summed E-state index contributed by atoms with van der Waals surface area (Å²) in [4.78, 5) is 0. The van der Waals surface area contributed by atoms with E-state index >= 15 is 0 Å². The number of allylic oxidation sites excluding steroid dienone is 8. The van der Waals surface area contributed by atoms with Crippen LogP contribution in [0, 0.1) is 0 Å². The van der Waals surface area contributed by atoms with Gasteiger partial charge in [-0.25, -0.2) is 0 Å². The van der Waals surface area contributed by atoms with E-state index < -0.39 is 0 Å². The van der Waals surface area contributed by atoms with Crippen LogP contribution in [0.2, 0.25) is 0 Å². The van der Waals surface area contributed by atoms with Crippen molar-refractivity contribution in [2.75, 3.05) is 0 Å². The highest BCUT2D eigenvalue weighted by Gasteiger charge is 2.01. The zero-order valence-electron chi connectivity index (χ0n) is 6.59. The first-order valence-corrected chi connectivity index (χ1v) is 4.18. The summed E-state index contributed by atoms with van der Waals surface area (Å²) >= 11 is 0. The molecule has 0 heterocycles. The molecule has 56 valence electrons. The van der Waals surface area contributed by atoms with E-state index in [0.717, 1.165) is 6.42 Å². The van der Waals surface area contributed by atoms with Crippen LogP contribution in [-0.2, 0) is 0 Å². The van der Waals surface area contributed by atoms with Crippen LogP contribution >= 0.6 is 0 Å². The molecule has 11 heavy (non-hydrogen) atoms. The van der Waals surface area contributed by atoms with Gasteiger partial charge in [-0.2, -0.15) is 0 Å². The highest BCUT2D eigenvalue weighted by molar-refractivity contribution is 5.38. The number of rotatable bonds is 1. The van der Waals surface area contributed by atoms with Gasteiger partial charge in [0.15, 0.2) is 0 Å². The van der Waals surface area contributed by atoms with Gasteiger partial charge in [0.2, 0.25) is 0 Å². The topological polar surface area (TPSA) is 0 Å². The Balaban J connectivity index is 2.08. The van der Waals surface area contributed by atoms with E-state index in [1.54, 1.807) is 0 Å². The zero-order chi connectivity index (χ0) is 7.52. The van der Waals surface area contributed by atoms with Crippen molar-refractivity contribution in [3.8, 4) is 0 Å². The molecule has 0 aromatic rings. The minimum absolute atomic E-state index is 1.12. The van der Waals surface area contributed by atoms with E-state index in [4.69, 9.17) is 0 Å². The summed E-state index contributed by atoms with van der Waals surface area (Å²) in [7, 11) is 0. The maximum atomic E-state index is 2.31. The van der Waals surface area contributed by atoms with Crippen molar-refractivity contribution in [1.29, 1.82) is 0 Å². The standard InChI is InChI=1S/C11H12/c1-2-6-10(5-1)9-11-7-3-4-8-11/h1-3,5,7,9H,4,6,8H2/b11-9+. The molecule has 0 nitrogen and oxygen atoms in total. The summed E-state index contributed by atoms with van der Waals surface area (Å²) in [5, 5.41) is 0. The van der Waals surface area contributed by atoms with Gasteiger partial charge < -0.3 is 0 Å². The molecule has 2 aliphatic rings. The van der Waals surface area contributed by atoms with Crippen molar-refractivity contribution in [2.45, 2.75) is 19.3 Å². The smallest absolute Gasteiger partial charge is 0.00942 e. The highest BCUT2D eigenvalue weighted by atomic mass is 14.1. The molecule has 0 aromatic carbocycles. The van der Waals surface area contributed by atoms with Crippen molar-refractivity contribution < 1.29 is 0 Å². The van der Waals surface area contributed by atoms with Crippen molar-refractivity contribution in [1.82, 2.24) is 0 Å². The molecular formula is C11H12. The van der Waals surface area contributed by atoms with Crippen molar-refractivity contribution >= 4 is 0 Å². The molecule has 2 rings (SSSR count). The average Bonchev–Trinajstić information content (AvgIpc) is 2.60.